The predicted molar refractivity (Wildman–Crippen MR) is 76.3 cm³/mol. The molecule has 1 rings (SSSR count). The van der Waals surface area contributed by atoms with Gasteiger partial charge in [-0.15, -0.1) is 0 Å². The van der Waals surface area contributed by atoms with Gasteiger partial charge < -0.3 is 4.90 Å². The van der Waals surface area contributed by atoms with Crippen molar-refractivity contribution in [2.45, 2.75) is 71.0 Å². The Morgan fingerprint density at radius 2 is 1.89 bits per heavy atom. The second-order valence-corrected chi connectivity index (χ2v) is 6.03. The van der Waals surface area contributed by atoms with Crippen molar-refractivity contribution in [3.05, 3.63) is 0 Å². The minimum absolute atomic E-state index is 0.0427. The standard InChI is InChI=1S/C15H29N3/c1-5-13-6-8-15(9-7-13)18(4)11-14(10-16)17-12(2)3/h12-15,17H,5-9,11H2,1-4H3. The number of nitriles is 1. The van der Waals surface area contributed by atoms with Crippen LogP contribution in [0.1, 0.15) is 52.9 Å². The monoisotopic (exact) mass is 251 g/mol. The molecule has 0 aromatic heterocycles. The van der Waals surface area contributed by atoms with Crippen molar-refractivity contribution >= 4 is 0 Å². The molecule has 0 amide bonds. The highest BCUT2D eigenvalue weighted by Crippen LogP contribution is 2.28. The van der Waals surface area contributed by atoms with Crippen LogP contribution in [0.15, 0.2) is 0 Å². The summed E-state index contributed by atoms with van der Waals surface area (Å²) in [6, 6.07) is 3.38. The molecule has 1 N–H and O–H groups in total. The largest absolute Gasteiger partial charge is 0.301 e. The Labute approximate surface area is 113 Å². The van der Waals surface area contributed by atoms with Crippen molar-refractivity contribution in [1.82, 2.24) is 10.2 Å². The Morgan fingerprint density at radius 1 is 1.28 bits per heavy atom. The van der Waals surface area contributed by atoms with Crippen LogP contribution in [0.2, 0.25) is 0 Å². The second kappa shape index (κ2) is 7.76. The van der Waals surface area contributed by atoms with Gasteiger partial charge in [-0.2, -0.15) is 5.26 Å². The number of nitrogens with one attached hydrogen (secondary N) is 1. The average molecular weight is 251 g/mol. The summed E-state index contributed by atoms with van der Waals surface area (Å²) in [5, 5.41) is 12.5. The number of hydrogen-bond acceptors (Lipinski definition) is 3. The van der Waals surface area contributed by atoms with E-state index in [1.54, 1.807) is 0 Å². The topological polar surface area (TPSA) is 39.1 Å². The van der Waals surface area contributed by atoms with E-state index in [2.05, 4.69) is 44.1 Å². The van der Waals surface area contributed by atoms with Gasteiger partial charge in [0.05, 0.1) is 6.07 Å². The highest BCUT2D eigenvalue weighted by atomic mass is 15.2. The molecule has 18 heavy (non-hydrogen) atoms. The van der Waals surface area contributed by atoms with Crippen LogP contribution in [0.25, 0.3) is 0 Å². The molecular formula is C15H29N3. The van der Waals surface area contributed by atoms with Gasteiger partial charge in [-0.25, -0.2) is 0 Å². The Morgan fingerprint density at radius 3 is 2.33 bits per heavy atom. The van der Waals surface area contributed by atoms with Crippen LogP contribution >= 0.6 is 0 Å². The van der Waals surface area contributed by atoms with E-state index in [4.69, 9.17) is 5.26 Å². The maximum Gasteiger partial charge on any atom is 0.108 e. The minimum atomic E-state index is -0.0427. The first-order valence-corrected chi connectivity index (χ1v) is 7.42. The van der Waals surface area contributed by atoms with Crippen LogP contribution in [-0.2, 0) is 0 Å². The average Bonchev–Trinajstić information content (AvgIpc) is 2.37. The molecule has 0 saturated heterocycles. The molecule has 1 atom stereocenters. The molecule has 1 unspecified atom stereocenters. The SMILES string of the molecule is CCC1CCC(N(C)CC(C#N)NC(C)C)CC1. The third-order valence-corrected chi connectivity index (χ3v) is 4.18. The van der Waals surface area contributed by atoms with Crippen molar-refractivity contribution in [3.8, 4) is 6.07 Å². The maximum atomic E-state index is 9.16. The molecule has 1 aliphatic rings. The van der Waals surface area contributed by atoms with E-state index in [0.29, 0.717) is 12.1 Å². The molecule has 0 bridgehead atoms. The van der Waals surface area contributed by atoms with Crippen LogP contribution in [0.5, 0.6) is 0 Å². The van der Waals surface area contributed by atoms with E-state index in [1.807, 2.05) is 0 Å². The van der Waals surface area contributed by atoms with Crippen LogP contribution in [0.3, 0.4) is 0 Å². The molecule has 0 radical (unpaired) electrons. The van der Waals surface area contributed by atoms with E-state index < -0.39 is 0 Å². The molecule has 0 aromatic carbocycles. The van der Waals surface area contributed by atoms with E-state index in [1.165, 1.54) is 32.1 Å². The highest BCUT2D eigenvalue weighted by molar-refractivity contribution is 4.94. The smallest absolute Gasteiger partial charge is 0.108 e. The Kier molecular flexibility index (Phi) is 6.67. The first-order valence-electron chi connectivity index (χ1n) is 7.42. The van der Waals surface area contributed by atoms with E-state index in [9.17, 15) is 0 Å². The Balaban J connectivity index is 2.36. The predicted octanol–water partition coefficient (Wildman–Crippen LogP) is 2.78. The van der Waals surface area contributed by atoms with Gasteiger partial charge in [-0.05, 0) is 52.5 Å². The molecular weight excluding hydrogens is 222 g/mol. The van der Waals surface area contributed by atoms with Gasteiger partial charge in [0.15, 0.2) is 0 Å². The van der Waals surface area contributed by atoms with Gasteiger partial charge >= 0.3 is 0 Å². The summed E-state index contributed by atoms with van der Waals surface area (Å²) >= 11 is 0. The first kappa shape index (κ1) is 15.5. The number of hydrogen-bond donors (Lipinski definition) is 1. The number of nitrogens with zero attached hydrogens (tertiary/aromatic N) is 2. The lowest BCUT2D eigenvalue weighted by Crippen LogP contribution is -2.46. The zero-order valence-corrected chi connectivity index (χ0v) is 12.4. The molecule has 0 spiro atoms. The molecule has 0 heterocycles. The van der Waals surface area contributed by atoms with Crippen LogP contribution in [-0.4, -0.2) is 36.6 Å². The molecule has 1 aliphatic carbocycles. The third-order valence-electron chi connectivity index (χ3n) is 4.18. The molecule has 1 saturated carbocycles. The highest BCUT2D eigenvalue weighted by Gasteiger charge is 2.24. The number of likely N-dealkylation sites (N-methyl/N-ethyl adjacent to an activating group) is 1. The summed E-state index contributed by atoms with van der Waals surface area (Å²) in [7, 11) is 2.17. The number of rotatable bonds is 6. The van der Waals surface area contributed by atoms with Crippen LogP contribution in [0.4, 0.5) is 0 Å². The van der Waals surface area contributed by atoms with Gasteiger partial charge in [0.25, 0.3) is 0 Å². The molecule has 3 heteroatoms. The fourth-order valence-corrected chi connectivity index (χ4v) is 2.96. The summed E-state index contributed by atoms with van der Waals surface area (Å²) in [6.45, 7) is 7.33. The summed E-state index contributed by atoms with van der Waals surface area (Å²) in [6.07, 6.45) is 6.65. The fourth-order valence-electron chi connectivity index (χ4n) is 2.96. The lowest BCUT2D eigenvalue weighted by Gasteiger charge is -2.35. The molecule has 104 valence electrons. The van der Waals surface area contributed by atoms with Gasteiger partial charge in [-0.1, -0.05) is 13.3 Å². The minimum Gasteiger partial charge on any atom is -0.301 e. The summed E-state index contributed by atoms with van der Waals surface area (Å²) in [5.41, 5.74) is 0. The fraction of sp³-hybridized carbons (Fsp3) is 0.933. The summed E-state index contributed by atoms with van der Waals surface area (Å²) in [5.74, 6) is 0.940. The molecule has 1 fully saturated rings. The zero-order valence-electron chi connectivity index (χ0n) is 12.4. The van der Waals surface area contributed by atoms with E-state index in [0.717, 1.165) is 12.5 Å². The Hall–Kier alpha value is -0.590. The quantitative estimate of drug-likeness (QED) is 0.789. The third kappa shape index (κ3) is 4.96. The Bertz CT molecular complexity index is 261. The van der Waals surface area contributed by atoms with Gasteiger partial charge in [0.1, 0.15) is 6.04 Å². The maximum absolute atomic E-state index is 9.16. The van der Waals surface area contributed by atoms with Crippen molar-refractivity contribution in [2.24, 2.45) is 5.92 Å². The summed E-state index contributed by atoms with van der Waals surface area (Å²) < 4.78 is 0. The van der Waals surface area contributed by atoms with Crippen molar-refractivity contribution in [2.75, 3.05) is 13.6 Å². The lowest BCUT2D eigenvalue weighted by atomic mass is 9.84. The molecule has 0 aliphatic heterocycles. The normalized spacial score (nSPS) is 26.3. The van der Waals surface area contributed by atoms with E-state index in [-0.39, 0.29) is 6.04 Å². The van der Waals surface area contributed by atoms with Gasteiger partial charge in [0.2, 0.25) is 0 Å². The zero-order chi connectivity index (χ0) is 13.5. The van der Waals surface area contributed by atoms with Crippen molar-refractivity contribution in [1.29, 1.82) is 5.26 Å². The van der Waals surface area contributed by atoms with Crippen molar-refractivity contribution in [3.63, 3.8) is 0 Å². The van der Waals surface area contributed by atoms with Crippen molar-refractivity contribution < 1.29 is 0 Å². The van der Waals surface area contributed by atoms with Gasteiger partial charge in [-0.3, -0.25) is 5.32 Å². The van der Waals surface area contributed by atoms with Crippen LogP contribution < -0.4 is 5.32 Å². The molecule has 0 aromatic rings. The summed E-state index contributed by atoms with van der Waals surface area (Å²) in [4.78, 5) is 2.38. The first-order chi connectivity index (χ1) is 8.56. The van der Waals surface area contributed by atoms with Crippen LogP contribution in [0, 0.1) is 17.2 Å². The lowest BCUT2D eigenvalue weighted by molar-refractivity contribution is 0.156. The van der Waals surface area contributed by atoms with Gasteiger partial charge in [0, 0.05) is 18.6 Å². The second-order valence-electron chi connectivity index (χ2n) is 6.03. The molecule has 3 nitrogen and oxygen atoms in total. The van der Waals surface area contributed by atoms with E-state index >= 15 is 0 Å².